The summed E-state index contributed by atoms with van der Waals surface area (Å²) in [6.07, 6.45) is 4.88. The van der Waals surface area contributed by atoms with Gasteiger partial charge in [0.25, 0.3) is 0 Å². The van der Waals surface area contributed by atoms with Crippen LogP contribution in [0.2, 0.25) is 0 Å². The number of fused-ring (bicyclic) bond motifs is 1. The fourth-order valence-electron chi connectivity index (χ4n) is 3.31. The van der Waals surface area contributed by atoms with Crippen LogP contribution in [0.1, 0.15) is 10.4 Å². The molecule has 0 fully saturated rings. The third-order valence-corrected chi connectivity index (χ3v) is 7.33. The van der Waals surface area contributed by atoms with Crippen LogP contribution in [0.25, 0.3) is 21.7 Å². The molecule has 2 heterocycles. The van der Waals surface area contributed by atoms with Gasteiger partial charge in [0.15, 0.2) is 11.5 Å². The number of hydrogen-bond donors (Lipinski definition) is 1. The molecule has 0 spiro atoms. The summed E-state index contributed by atoms with van der Waals surface area (Å²) in [5.41, 5.74) is 0.782. The molecule has 33 heavy (non-hydrogen) atoms. The van der Waals surface area contributed by atoms with Crippen LogP contribution < -0.4 is 14.2 Å². The van der Waals surface area contributed by atoms with E-state index in [0.717, 1.165) is 30.5 Å². The van der Waals surface area contributed by atoms with E-state index in [1.807, 2.05) is 36.4 Å². The van der Waals surface area contributed by atoms with Gasteiger partial charge >= 0.3 is 5.97 Å². The van der Waals surface area contributed by atoms with Crippen molar-refractivity contribution in [2.75, 3.05) is 21.3 Å². The normalized spacial score (nSPS) is 11.4. The van der Waals surface area contributed by atoms with Crippen molar-refractivity contribution in [3.63, 3.8) is 0 Å². The average molecular weight is 480 g/mol. The molecule has 0 bridgehead atoms. The quantitative estimate of drug-likeness (QED) is 0.306. The molecule has 4 aromatic rings. The summed E-state index contributed by atoms with van der Waals surface area (Å²) >= 11 is 3.06. The molecule has 0 aliphatic rings. The monoisotopic (exact) mass is 479 g/mol. The molecular weight excluding hydrogens is 458 g/mol. The lowest BCUT2D eigenvalue weighted by molar-refractivity contribution is -0.130. The molecule has 0 amide bonds. The molecule has 0 saturated heterocycles. The first kappa shape index (κ1) is 22.7. The second kappa shape index (κ2) is 9.97. The van der Waals surface area contributed by atoms with Crippen LogP contribution in [0.15, 0.2) is 70.7 Å². The van der Waals surface area contributed by atoms with Crippen LogP contribution in [0.5, 0.6) is 17.2 Å². The smallest absolute Gasteiger partial charge is 0.336 e. The predicted molar refractivity (Wildman–Crippen MR) is 132 cm³/mol. The number of carboxylic acid groups (broad SMARTS) is 1. The highest BCUT2D eigenvalue weighted by atomic mass is 32.2. The SMILES string of the molecule is COc1ccc(Sc2c(/C=C(/C(=O)O)c3ccncc3)sc3cc(OC)c(OC)cc23)cc1. The Morgan fingerprint density at radius 1 is 0.970 bits per heavy atom. The Morgan fingerprint density at radius 2 is 1.64 bits per heavy atom. The van der Waals surface area contributed by atoms with Gasteiger partial charge in [-0.1, -0.05) is 11.8 Å². The number of aromatic nitrogens is 1. The van der Waals surface area contributed by atoms with Gasteiger partial charge in [0.05, 0.1) is 26.9 Å². The highest BCUT2D eigenvalue weighted by Crippen LogP contribution is 2.46. The van der Waals surface area contributed by atoms with Gasteiger partial charge in [0.1, 0.15) is 5.75 Å². The highest BCUT2D eigenvalue weighted by Gasteiger charge is 2.19. The number of rotatable bonds is 8. The number of aliphatic carboxylic acids is 1. The molecule has 0 radical (unpaired) electrons. The number of thiophene rings is 1. The molecule has 1 N–H and O–H groups in total. The number of ether oxygens (including phenoxy) is 3. The van der Waals surface area contributed by atoms with E-state index in [1.54, 1.807) is 63.7 Å². The second-order valence-corrected chi connectivity index (χ2v) is 9.04. The molecule has 8 heteroatoms. The van der Waals surface area contributed by atoms with Crippen molar-refractivity contribution < 1.29 is 24.1 Å². The molecule has 0 saturated carbocycles. The minimum atomic E-state index is -1.01. The van der Waals surface area contributed by atoms with Crippen molar-refractivity contribution in [3.05, 3.63) is 71.4 Å². The zero-order valence-corrected chi connectivity index (χ0v) is 19.8. The zero-order valence-electron chi connectivity index (χ0n) is 18.2. The van der Waals surface area contributed by atoms with E-state index >= 15 is 0 Å². The topological polar surface area (TPSA) is 77.9 Å². The Hall–Kier alpha value is -3.49. The van der Waals surface area contributed by atoms with Gasteiger partial charge in [-0.3, -0.25) is 4.98 Å². The minimum Gasteiger partial charge on any atom is -0.497 e. The van der Waals surface area contributed by atoms with Crippen molar-refractivity contribution in [1.29, 1.82) is 0 Å². The average Bonchev–Trinajstić information content (AvgIpc) is 3.18. The number of pyridine rings is 1. The van der Waals surface area contributed by atoms with Gasteiger partial charge in [0, 0.05) is 43.2 Å². The van der Waals surface area contributed by atoms with E-state index < -0.39 is 5.97 Å². The van der Waals surface area contributed by atoms with E-state index in [0.29, 0.717) is 17.1 Å². The third-order valence-electron chi connectivity index (χ3n) is 4.95. The van der Waals surface area contributed by atoms with Gasteiger partial charge in [-0.05, 0) is 54.1 Å². The zero-order chi connectivity index (χ0) is 23.4. The number of hydrogen-bond acceptors (Lipinski definition) is 7. The Labute approximate surface area is 199 Å². The standard InChI is InChI=1S/C25H21NO5S2/c1-29-16-4-6-17(7-5-16)32-24-19-12-20(30-2)21(31-3)14-22(19)33-23(24)13-18(25(27)28)15-8-10-26-11-9-15/h4-14H,1-3H3,(H,27,28)/b18-13+. The molecule has 0 aliphatic carbocycles. The number of methoxy groups -OCH3 is 3. The third kappa shape index (κ3) is 4.81. The van der Waals surface area contributed by atoms with Crippen LogP contribution in [0.4, 0.5) is 0 Å². The Bertz CT molecular complexity index is 1310. The lowest BCUT2D eigenvalue weighted by Gasteiger charge is -2.09. The first-order valence-electron chi connectivity index (χ1n) is 9.90. The van der Waals surface area contributed by atoms with Crippen LogP contribution in [-0.4, -0.2) is 37.4 Å². The number of carboxylic acids is 1. The van der Waals surface area contributed by atoms with Crippen molar-refractivity contribution >= 4 is 50.8 Å². The first-order chi connectivity index (χ1) is 16.0. The maximum absolute atomic E-state index is 12.1. The van der Waals surface area contributed by atoms with E-state index in [4.69, 9.17) is 14.2 Å². The van der Waals surface area contributed by atoms with Crippen molar-refractivity contribution in [3.8, 4) is 17.2 Å². The molecule has 0 aliphatic heterocycles. The number of benzene rings is 2. The summed E-state index contributed by atoms with van der Waals surface area (Å²) < 4.78 is 17.2. The van der Waals surface area contributed by atoms with Crippen LogP contribution in [0.3, 0.4) is 0 Å². The van der Waals surface area contributed by atoms with E-state index in [2.05, 4.69) is 4.98 Å². The molecule has 2 aromatic carbocycles. The largest absolute Gasteiger partial charge is 0.497 e. The van der Waals surface area contributed by atoms with E-state index in [1.165, 1.54) is 11.3 Å². The fourth-order valence-corrected chi connectivity index (χ4v) is 5.63. The summed E-state index contributed by atoms with van der Waals surface area (Å²) in [7, 11) is 4.82. The highest BCUT2D eigenvalue weighted by molar-refractivity contribution is 7.99. The first-order valence-corrected chi connectivity index (χ1v) is 11.5. The summed E-state index contributed by atoms with van der Waals surface area (Å²) in [5, 5.41) is 10.9. The van der Waals surface area contributed by atoms with Gasteiger partial charge in [-0.15, -0.1) is 11.3 Å². The molecule has 4 rings (SSSR count). The Morgan fingerprint density at radius 3 is 2.24 bits per heavy atom. The van der Waals surface area contributed by atoms with Crippen molar-refractivity contribution in [1.82, 2.24) is 4.98 Å². The van der Waals surface area contributed by atoms with E-state index in [-0.39, 0.29) is 5.57 Å². The van der Waals surface area contributed by atoms with Gasteiger partial charge in [-0.25, -0.2) is 4.79 Å². The number of carbonyl (C=O) groups is 1. The van der Waals surface area contributed by atoms with Crippen molar-refractivity contribution in [2.24, 2.45) is 0 Å². The van der Waals surface area contributed by atoms with E-state index in [9.17, 15) is 9.90 Å². The maximum Gasteiger partial charge on any atom is 0.336 e. The molecular formula is C25H21NO5S2. The van der Waals surface area contributed by atoms with Gasteiger partial charge in [0.2, 0.25) is 0 Å². The Balaban J connectivity index is 1.91. The molecule has 2 aromatic heterocycles. The molecule has 0 atom stereocenters. The lowest BCUT2D eigenvalue weighted by Crippen LogP contribution is -1.99. The predicted octanol–water partition coefficient (Wildman–Crippen LogP) is 6.10. The minimum absolute atomic E-state index is 0.194. The second-order valence-electron chi connectivity index (χ2n) is 6.88. The van der Waals surface area contributed by atoms with Crippen LogP contribution >= 0.6 is 23.1 Å². The van der Waals surface area contributed by atoms with Crippen LogP contribution in [-0.2, 0) is 4.79 Å². The molecule has 6 nitrogen and oxygen atoms in total. The van der Waals surface area contributed by atoms with Gasteiger partial charge in [-0.2, -0.15) is 0 Å². The summed E-state index contributed by atoms with van der Waals surface area (Å²) in [4.78, 5) is 18.9. The fraction of sp³-hybridized carbons (Fsp3) is 0.120. The van der Waals surface area contributed by atoms with Crippen LogP contribution in [0, 0.1) is 0 Å². The van der Waals surface area contributed by atoms with Crippen molar-refractivity contribution in [2.45, 2.75) is 9.79 Å². The maximum atomic E-state index is 12.1. The lowest BCUT2D eigenvalue weighted by atomic mass is 10.1. The Kier molecular flexibility index (Phi) is 6.86. The summed E-state index contributed by atoms with van der Waals surface area (Å²) in [6, 6.07) is 15.0. The summed E-state index contributed by atoms with van der Waals surface area (Å²) in [6.45, 7) is 0. The summed E-state index contributed by atoms with van der Waals surface area (Å²) in [5.74, 6) is 0.999. The molecule has 168 valence electrons. The molecule has 0 unspecified atom stereocenters. The van der Waals surface area contributed by atoms with Gasteiger partial charge < -0.3 is 19.3 Å². The number of nitrogens with zero attached hydrogens (tertiary/aromatic N) is 1.